The van der Waals surface area contributed by atoms with Crippen LogP contribution in [0.4, 0.5) is 0 Å². The highest BCUT2D eigenvalue weighted by molar-refractivity contribution is 7.90. The van der Waals surface area contributed by atoms with Gasteiger partial charge in [0.15, 0.2) is 9.84 Å². The van der Waals surface area contributed by atoms with Crippen molar-refractivity contribution in [3.05, 3.63) is 29.8 Å². The van der Waals surface area contributed by atoms with Crippen molar-refractivity contribution in [3.63, 3.8) is 0 Å². The second-order valence-electron chi connectivity index (χ2n) is 7.50. The Kier molecular flexibility index (Phi) is 5.49. The molecule has 1 heterocycles. The summed E-state index contributed by atoms with van der Waals surface area (Å²) in [5.74, 6) is 0.0116. The number of carbonyl (C=O) groups is 1. The standard InChI is InChI=1S/C19H28N2O3S/c1-25(23,24)17-8-6-16(7-9-17)14-18(22)20-15-19(10-2-3-11-19)21-12-4-5-13-21/h6-9H,2-5,10-15H2,1H3,(H,20,22). The van der Waals surface area contributed by atoms with Crippen molar-refractivity contribution in [2.24, 2.45) is 0 Å². The van der Waals surface area contributed by atoms with Crippen LogP contribution in [0.3, 0.4) is 0 Å². The topological polar surface area (TPSA) is 66.5 Å². The van der Waals surface area contributed by atoms with Gasteiger partial charge in [0.1, 0.15) is 0 Å². The van der Waals surface area contributed by atoms with E-state index in [0.717, 1.165) is 25.2 Å². The predicted octanol–water partition coefficient (Wildman–Crippen LogP) is 2.16. The van der Waals surface area contributed by atoms with Crippen molar-refractivity contribution in [1.29, 1.82) is 0 Å². The largest absolute Gasteiger partial charge is 0.354 e. The minimum absolute atomic E-state index is 0.0116. The van der Waals surface area contributed by atoms with Crippen LogP contribution in [0.2, 0.25) is 0 Å². The fraction of sp³-hybridized carbons (Fsp3) is 0.632. The zero-order chi connectivity index (χ0) is 17.9. The van der Waals surface area contributed by atoms with Gasteiger partial charge >= 0.3 is 0 Å². The molecular weight excluding hydrogens is 336 g/mol. The molecule has 1 aliphatic heterocycles. The van der Waals surface area contributed by atoms with Gasteiger partial charge in [0, 0.05) is 18.3 Å². The zero-order valence-corrected chi connectivity index (χ0v) is 15.8. The number of hydrogen-bond acceptors (Lipinski definition) is 4. The monoisotopic (exact) mass is 364 g/mol. The maximum absolute atomic E-state index is 12.4. The summed E-state index contributed by atoms with van der Waals surface area (Å²) in [7, 11) is -3.19. The number of sulfone groups is 1. The minimum Gasteiger partial charge on any atom is -0.354 e. The molecule has 0 bridgehead atoms. The van der Waals surface area contributed by atoms with Crippen molar-refractivity contribution >= 4 is 15.7 Å². The summed E-state index contributed by atoms with van der Waals surface area (Å²) < 4.78 is 23.0. The van der Waals surface area contributed by atoms with Crippen LogP contribution in [-0.4, -0.2) is 50.7 Å². The maximum Gasteiger partial charge on any atom is 0.224 e. The minimum atomic E-state index is -3.19. The predicted molar refractivity (Wildman–Crippen MR) is 98.3 cm³/mol. The Morgan fingerprint density at radius 2 is 1.68 bits per heavy atom. The third kappa shape index (κ3) is 4.42. The van der Waals surface area contributed by atoms with Crippen molar-refractivity contribution in [1.82, 2.24) is 10.2 Å². The number of likely N-dealkylation sites (tertiary alicyclic amines) is 1. The van der Waals surface area contributed by atoms with Crippen molar-refractivity contribution in [2.45, 2.75) is 55.4 Å². The van der Waals surface area contributed by atoms with E-state index in [9.17, 15) is 13.2 Å². The fourth-order valence-corrected chi connectivity index (χ4v) is 4.83. The van der Waals surface area contributed by atoms with Crippen LogP contribution in [0.5, 0.6) is 0 Å². The first-order chi connectivity index (χ1) is 11.9. The Hall–Kier alpha value is -1.40. The molecule has 1 aliphatic carbocycles. The van der Waals surface area contributed by atoms with E-state index in [1.54, 1.807) is 24.3 Å². The van der Waals surface area contributed by atoms with E-state index in [-0.39, 0.29) is 16.3 Å². The quantitative estimate of drug-likeness (QED) is 0.840. The highest BCUT2D eigenvalue weighted by atomic mass is 32.2. The second kappa shape index (κ2) is 7.46. The van der Waals surface area contributed by atoms with Crippen LogP contribution in [0.1, 0.15) is 44.1 Å². The number of amides is 1. The maximum atomic E-state index is 12.4. The van der Waals surface area contributed by atoms with Gasteiger partial charge in [0.25, 0.3) is 0 Å². The van der Waals surface area contributed by atoms with Gasteiger partial charge in [-0.2, -0.15) is 0 Å². The lowest BCUT2D eigenvalue weighted by molar-refractivity contribution is -0.121. The van der Waals surface area contributed by atoms with Gasteiger partial charge in [-0.1, -0.05) is 25.0 Å². The van der Waals surface area contributed by atoms with Gasteiger partial charge in [0.2, 0.25) is 5.91 Å². The molecule has 1 aromatic rings. The molecule has 1 amide bonds. The van der Waals surface area contributed by atoms with Crippen LogP contribution in [-0.2, 0) is 21.1 Å². The number of carbonyl (C=O) groups excluding carboxylic acids is 1. The summed E-state index contributed by atoms with van der Waals surface area (Å²) in [6, 6.07) is 6.59. The molecule has 0 radical (unpaired) electrons. The van der Waals surface area contributed by atoms with Crippen molar-refractivity contribution in [3.8, 4) is 0 Å². The first kappa shape index (κ1) is 18.4. The van der Waals surface area contributed by atoms with Gasteiger partial charge in [0.05, 0.1) is 11.3 Å². The SMILES string of the molecule is CS(=O)(=O)c1ccc(CC(=O)NCC2(N3CCCC3)CCCC2)cc1. The van der Waals surface area contributed by atoms with Gasteiger partial charge in [-0.15, -0.1) is 0 Å². The normalized spacial score (nSPS) is 20.7. The molecule has 0 atom stereocenters. The molecule has 25 heavy (non-hydrogen) atoms. The molecule has 1 saturated carbocycles. The van der Waals surface area contributed by atoms with E-state index in [4.69, 9.17) is 0 Å². The molecule has 0 spiro atoms. The second-order valence-corrected chi connectivity index (χ2v) is 9.51. The smallest absolute Gasteiger partial charge is 0.224 e. The summed E-state index contributed by atoms with van der Waals surface area (Å²) >= 11 is 0. The Morgan fingerprint density at radius 3 is 2.24 bits per heavy atom. The van der Waals surface area contributed by atoms with Crippen LogP contribution < -0.4 is 5.32 Å². The number of benzene rings is 1. The third-order valence-corrected chi connectivity index (χ3v) is 6.77. The van der Waals surface area contributed by atoms with E-state index in [0.29, 0.717) is 6.42 Å². The number of nitrogens with one attached hydrogen (secondary N) is 1. The summed E-state index contributed by atoms with van der Waals surface area (Å²) in [6.45, 7) is 3.04. The van der Waals surface area contributed by atoms with Gasteiger partial charge < -0.3 is 5.32 Å². The first-order valence-corrected chi connectivity index (χ1v) is 11.1. The van der Waals surface area contributed by atoms with Crippen LogP contribution >= 0.6 is 0 Å². The molecule has 1 saturated heterocycles. The molecule has 0 aromatic heterocycles. The van der Waals surface area contributed by atoms with Gasteiger partial charge in [-0.3, -0.25) is 9.69 Å². The third-order valence-electron chi connectivity index (χ3n) is 5.64. The van der Waals surface area contributed by atoms with Crippen LogP contribution in [0.15, 0.2) is 29.2 Å². The van der Waals surface area contributed by atoms with Crippen molar-refractivity contribution < 1.29 is 13.2 Å². The molecule has 3 rings (SSSR count). The Balaban J connectivity index is 1.57. The van der Waals surface area contributed by atoms with Crippen molar-refractivity contribution in [2.75, 3.05) is 25.9 Å². The van der Waals surface area contributed by atoms with Crippen LogP contribution in [0, 0.1) is 0 Å². The number of nitrogens with zero attached hydrogens (tertiary/aromatic N) is 1. The molecule has 138 valence electrons. The zero-order valence-electron chi connectivity index (χ0n) is 15.0. The van der Waals surface area contributed by atoms with E-state index in [1.165, 1.54) is 44.8 Å². The fourth-order valence-electron chi connectivity index (χ4n) is 4.19. The summed E-state index contributed by atoms with van der Waals surface area (Å²) in [5, 5.41) is 3.14. The lowest BCUT2D eigenvalue weighted by atomic mass is 9.95. The molecule has 1 N–H and O–H groups in total. The first-order valence-electron chi connectivity index (χ1n) is 9.20. The molecule has 5 nitrogen and oxygen atoms in total. The number of rotatable bonds is 6. The van der Waals surface area contributed by atoms with Gasteiger partial charge in [-0.25, -0.2) is 8.42 Å². The van der Waals surface area contributed by atoms with E-state index in [1.807, 2.05) is 0 Å². The molecule has 0 unspecified atom stereocenters. The summed E-state index contributed by atoms with van der Waals surface area (Å²) in [6.07, 6.45) is 8.87. The van der Waals surface area contributed by atoms with Gasteiger partial charge in [-0.05, 0) is 56.5 Å². The lowest BCUT2D eigenvalue weighted by Crippen LogP contribution is -2.53. The highest BCUT2D eigenvalue weighted by Crippen LogP contribution is 2.36. The van der Waals surface area contributed by atoms with E-state index < -0.39 is 9.84 Å². The molecule has 2 fully saturated rings. The Bertz CT molecular complexity index is 701. The average molecular weight is 365 g/mol. The average Bonchev–Trinajstić information content (AvgIpc) is 3.25. The summed E-state index contributed by atoms with van der Waals surface area (Å²) in [5.41, 5.74) is 0.998. The van der Waals surface area contributed by atoms with Crippen LogP contribution in [0.25, 0.3) is 0 Å². The number of hydrogen-bond donors (Lipinski definition) is 1. The van der Waals surface area contributed by atoms with E-state index in [2.05, 4.69) is 10.2 Å². The molecular formula is C19H28N2O3S. The summed E-state index contributed by atoms with van der Waals surface area (Å²) in [4.78, 5) is 15.2. The van der Waals surface area contributed by atoms with E-state index >= 15 is 0 Å². The Labute approximate surface area is 150 Å². The molecule has 2 aliphatic rings. The Morgan fingerprint density at radius 1 is 1.08 bits per heavy atom. The highest BCUT2D eigenvalue weighted by Gasteiger charge is 2.40. The lowest BCUT2D eigenvalue weighted by Gasteiger charge is -2.39. The molecule has 6 heteroatoms. The molecule has 1 aromatic carbocycles.